The van der Waals surface area contributed by atoms with Crippen molar-refractivity contribution in [2.75, 3.05) is 0 Å². The molecular weight excluding hydrogens is 319 g/mol. The van der Waals surface area contributed by atoms with Crippen LogP contribution in [0.4, 0.5) is 4.39 Å². The number of hydrogen-bond donors (Lipinski definition) is 1. The number of halogens is 2. The van der Waals surface area contributed by atoms with Gasteiger partial charge in [0.25, 0.3) is 0 Å². The summed E-state index contributed by atoms with van der Waals surface area (Å²) in [5, 5.41) is 1.14. The van der Waals surface area contributed by atoms with Gasteiger partial charge in [0.1, 0.15) is 5.82 Å². The van der Waals surface area contributed by atoms with Crippen LogP contribution >= 0.6 is 15.9 Å². The van der Waals surface area contributed by atoms with Gasteiger partial charge in [0.2, 0.25) is 0 Å². The van der Waals surface area contributed by atoms with Crippen molar-refractivity contribution < 1.29 is 4.39 Å². The maximum Gasteiger partial charge on any atom is 0.128 e. The molecule has 0 amide bonds. The molecule has 3 rings (SSSR count). The minimum absolute atomic E-state index is 0.190. The summed E-state index contributed by atoms with van der Waals surface area (Å²) in [6.45, 7) is 1.01. The number of nitrogens with two attached hydrogens (primary N) is 1. The molecule has 0 unspecified atom stereocenters. The highest BCUT2D eigenvalue weighted by atomic mass is 79.9. The Morgan fingerprint density at radius 2 is 1.95 bits per heavy atom. The largest absolute Gasteiger partial charge is 0.343 e. The topological polar surface area (TPSA) is 30.9 Å². The molecule has 0 fully saturated rings. The fraction of sp³-hybridized carbons (Fsp3) is 0.125. The molecule has 0 saturated carbocycles. The van der Waals surface area contributed by atoms with E-state index in [1.165, 1.54) is 6.07 Å². The van der Waals surface area contributed by atoms with E-state index >= 15 is 0 Å². The molecule has 3 aromatic rings. The molecule has 0 aliphatic carbocycles. The van der Waals surface area contributed by atoms with E-state index in [4.69, 9.17) is 5.73 Å². The zero-order valence-corrected chi connectivity index (χ0v) is 12.4. The van der Waals surface area contributed by atoms with Gasteiger partial charge >= 0.3 is 0 Å². The summed E-state index contributed by atoms with van der Waals surface area (Å²) in [4.78, 5) is 0. The highest BCUT2D eigenvalue weighted by Crippen LogP contribution is 2.21. The SMILES string of the molecule is NCc1ccc2ccn(Cc3cc(Br)ccc3F)c2c1. The van der Waals surface area contributed by atoms with Crippen LogP contribution in [-0.4, -0.2) is 4.57 Å². The maximum atomic E-state index is 13.9. The average molecular weight is 333 g/mol. The Morgan fingerprint density at radius 1 is 1.10 bits per heavy atom. The predicted molar refractivity (Wildman–Crippen MR) is 83.0 cm³/mol. The van der Waals surface area contributed by atoms with E-state index in [0.29, 0.717) is 18.7 Å². The van der Waals surface area contributed by atoms with E-state index in [9.17, 15) is 4.39 Å². The van der Waals surface area contributed by atoms with Crippen molar-refractivity contribution in [1.82, 2.24) is 4.57 Å². The highest BCUT2D eigenvalue weighted by molar-refractivity contribution is 9.10. The van der Waals surface area contributed by atoms with Crippen molar-refractivity contribution in [3.8, 4) is 0 Å². The first kappa shape index (κ1) is 13.3. The van der Waals surface area contributed by atoms with Crippen LogP contribution in [0.15, 0.2) is 53.1 Å². The number of nitrogens with zero attached hydrogens (tertiary/aromatic N) is 1. The van der Waals surface area contributed by atoms with Gasteiger partial charge in [0.05, 0.1) is 6.54 Å². The standard InChI is InChI=1S/C16H14BrFN2/c17-14-3-4-15(18)13(8-14)10-20-6-5-12-2-1-11(9-19)7-16(12)20/h1-8H,9-10,19H2. The summed E-state index contributed by atoms with van der Waals surface area (Å²) in [7, 11) is 0. The van der Waals surface area contributed by atoms with Crippen molar-refractivity contribution in [2.45, 2.75) is 13.1 Å². The molecule has 0 spiro atoms. The fourth-order valence-corrected chi connectivity index (χ4v) is 2.75. The first-order valence-electron chi connectivity index (χ1n) is 6.39. The second-order valence-electron chi connectivity index (χ2n) is 4.78. The van der Waals surface area contributed by atoms with Crippen molar-refractivity contribution in [2.24, 2.45) is 5.73 Å². The Balaban J connectivity index is 2.04. The molecule has 20 heavy (non-hydrogen) atoms. The van der Waals surface area contributed by atoms with Gasteiger partial charge in [-0.05, 0) is 41.3 Å². The molecule has 1 heterocycles. The number of fused-ring (bicyclic) bond motifs is 1. The third-order valence-corrected chi connectivity index (χ3v) is 3.92. The molecule has 0 bridgehead atoms. The molecule has 0 aliphatic heterocycles. The van der Waals surface area contributed by atoms with Crippen LogP contribution < -0.4 is 5.73 Å². The third-order valence-electron chi connectivity index (χ3n) is 3.42. The first-order valence-corrected chi connectivity index (χ1v) is 7.18. The van der Waals surface area contributed by atoms with Gasteiger partial charge in [0, 0.05) is 28.3 Å². The smallest absolute Gasteiger partial charge is 0.128 e. The molecule has 0 radical (unpaired) electrons. The quantitative estimate of drug-likeness (QED) is 0.770. The summed E-state index contributed by atoms with van der Waals surface area (Å²) in [5.74, 6) is -0.190. The molecule has 1 aromatic heterocycles. The van der Waals surface area contributed by atoms with E-state index in [-0.39, 0.29) is 5.82 Å². The van der Waals surface area contributed by atoms with E-state index in [1.807, 2.05) is 35.0 Å². The van der Waals surface area contributed by atoms with Crippen molar-refractivity contribution in [3.63, 3.8) is 0 Å². The van der Waals surface area contributed by atoms with E-state index in [0.717, 1.165) is 20.9 Å². The first-order chi connectivity index (χ1) is 9.67. The summed E-state index contributed by atoms with van der Waals surface area (Å²) in [6.07, 6.45) is 1.98. The van der Waals surface area contributed by atoms with Gasteiger partial charge in [-0.25, -0.2) is 4.39 Å². The van der Waals surface area contributed by atoms with Crippen LogP contribution in [0.5, 0.6) is 0 Å². The van der Waals surface area contributed by atoms with Crippen LogP contribution in [-0.2, 0) is 13.1 Å². The number of benzene rings is 2. The predicted octanol–water partition coefficient (Wildman–Crippen LogP) is 4.05. The Kier molecular flexibility index (Phi) is 3.59. The zero-order chi connectivity index (χ0) is 14.1. The second kappa shape index (κ2) is 5.38. The number of rotatable bonds is 3. The maximum absolute atomic E-state index is 13.9. The monoisotopic (exact) mass is 332 g/mol. The minimum Gasteiger partial charge on any atom is -0.343 e. The lowest BCUT2D eigenvalue weighted by atomic mass is 10.1. The van der Waals surface area contributed by atoms with Crippen molar-refractivity contribution in [3.05, 3.63) is 70.1 Å². The summed E-state index contributed by atoms with van der Waals surface area (Å²) < 4.78 is 16.8. The van der Waals surface area contributed by atoms with Gasteiger partial charge in [-0.1, -0.05) is 28.1 Å². The molecule has 2 nitrogen and oxygen atoms in total. The van der Waals surface area contributed by atoms with Gasteiger partial charge in [0.15, 0.2) is 0 Å². The van der Waals surface area contributed by atoms with Crippen LogP contribution in [0, 0.1) is 5.82 Å². The lowest BCUT2D eigenvalue weighted by Crippen LogP contribution is -2.02. The molecule has 102 valence electrons. The Labute approximate surface area is 125 Å². The van der Waals surface area contributed by atoms with Crippen LogP contribution in [0.3, 0.4) is 0 Å². The van der Waals surface area contributed by atoms with Gasteiger partial charge in [-0.15, -0.1) is 0 Å². The molecular formula is C16H14BrFN2. The second-order valence-corrected chi connectivity index (χ2v) is 5.69. The van der Waals surface area contributed by atoms with Crippen molar-refractivity contribution >= 4 is 26.8 Å². The molecule has 2 N–H and O–H groups in total. The fourth-order valence-electron chi connectivity index (χ4n) is 2.34. The third kappa shape index (κ3) is 2.49. The Hall–Kier alpha value is -1.65. The summed E-state index contributed by atoms with van der Waals surface area (Å²) in [5.41, 5.74) is 8.50. The highest BCUT2D eigenvalue weighted by Gasteiger charge is 2.07. The zero-order valence-electron chi connectivity index (χ0n) is 10.8. The van der Waals surface area contributed by atoms with Crippen LogP contribution in [0.25, 0.3) is 10.9 Å². The van der Waals surface area contributed by atoms with Gasteiger partial charge in [-0.2, -0.15) is 0 Å². The lowest BCUT2D eigenvalue weighted by Gasteiger charge is -2.08. The molecule has 0 aliphatic rings. The minimum atomic E-state index is -0.190. The molecule has 0 atom stereocenters. The summed E-state index contributed by atoms with van der Waals surface area (Å²) in [6, 6.07) is 13.2. The summed E-state index contributed by atoms with van der Waals surface area (Å²) >= 11 is 3.38. The van der Waals surface area contributed by atoms with Gasteiger partial charge < -0.3 is 10.3 Å². The van der Waals surface area contributed by atoms with E-state index < -0.39 is 0 Å². The Morgan fingerprint density at radius 3 is 2.75 bits per heavy atom. The molecule has 4 heteroatoms. The lowest BCUT2D eigenvalue weighted by molar-refractivity contribution is 0.601. The molecule has 0 saturated heterocycles. The van der Waals surface area contributed by atoms with Crippen LogP contribution in [0.2, 0.25) is 0 Å². The van der Waals surface area contributed by atoms with Crippen molar-refractivity contribution in [1.29, 1.82) is 0 Å². The number of aromatic nitrogens is 1. The van der Waals surface area contributed by atoms with Crippen LogP contribution in [0.1, 0.15) is 11.1 Å². The molecule has 2 aromatic carbocycles. The van der Waals surface area contributed by atoms with Gasteiger partial charge in [-0.3, -0.25) is 0 Å². The average Bonchev–Trinajstić information content (AvgIpc) is 2.85. The normalized spacial score (nSPS) is 11.2. The number of hydrogen-bond acceptors (Lipinski definition) is 1. The van der Waals surface area contributed by atoms with E-state index in [1.54, 1.807) is 6.07 Å². The van der Waals surface area contributed by atoms with E-state index in [2.05, 4.69) is 22.0 Å². The Bertz CT molecular complexity index is 764.